The van der Waals surface area contributed by atoms with Crippen LogP contribution >= 0.6 is 24.0 Å². The summed E-state index contributed by atoms with van der Waals surface area (Å²) in [4.78, 5) is 39.5. The molecular weight excluding hydrogens is 427 g/mol. The van der Waals surface area contributed by atoms with Crippen molar-refractivity contribution in [3.05, 3.63) is 0 Å². The van der Waals surface area contributed by atoms with Crippen LogP contribution in [0.25, 0.3) is 0 Å². The average molecular weight is 444 g/mol. The second-order valence-corrected chi connectivity index (χ2v) is 3.72. The number of rotatable bonds is 8. The van der Waals surface area contributed by atoms with Crippen molar-refractivity contribution >= 4 is 70.9 Å². The van der Waals surface area contributed by atoms with Gasteiger partial charge in [0, 0.05) is 24.9 Å². The molecule has 0 bridgehead atoms. The SMILES string of the molecule is I.N[C@@H](CCC(=O)O)C(=O)[O-].N[C@@H](CCC(=O)O)C(=O)[O-].[Mg+2]. The molecule has 10 nitrogen and oxygen atoms in total. The maximum Gasteiger partial charge on any atom is 2.00 e. The molecule has 0 radical (unpaired) electrons. The smallest absolute Gasteiger partial charge is 0.548 e. The van der Waals surface area contributed by atoms with Crippen LogP contribution in [0.3, 0.4) is 0 Å². The van der Waals surface area contributed by atoms with Gasteiger partial charge in [-0.15, -0.1) is 24.0 Å². The van der Waals surface area contributed by atoms with Crippen molar-refractivity contribution in [3.8, 4) is 0 Å². The quantitative estimate of drug-likeness (QED) is 0.211. The molecule has 0 aromatic rings. The van der Waals surface area contributed by atoms with E-state index in [1.54, 1.807) is 0 Å². The van der Waals surface area contributed by atoms with Crippen LogP contribution in [0, 0.1) is 0 Å². The van der Waals surface area contributed by atoms with Crippen LogP contribution in [-0.4, -0.2) is 69.2 Å². The number of nitrogens with two attached hydrogens (primary N) is 2. The number of halogens is 1. The molecule has 124 valence electrons. The number of carbonyl (C=O) groups is 4. The molecule has 0 saturated carbocycles. The van der Waals surface area contributed by atoms with Gasteiger partial charge >= 0.3 is 35.0 Å². The van der Waals surface area contributed by atoms with Gasteiger partial charge in [-0.25, -0.2) is 0 Å². The molecule has 0 amide bonds. The molecule has 0 heterocycles. The molecule has 6 N–H and O–H groups in total. The van der Waals surface area contributed by atoms with Gasteiger partial charge in [0.05, 0.1) is 11.9 Å². The van der Waals surface area contributed by atoms with Crippen LogP contribution in [0.1, 0.15) is 25.7 Å². The normalized spacial score (nSPS) is 11.4. The zero-order valence-electron chi connectivity index (χ0n) is 11.6. The zero-order chi connectivity index (χ0) is 16.3. The molecule has 0 rings (SSSR count). The van der Waals surface area contributed by atoms with E-state index in [1.807, 2.05) is 0 Å². The molecule has 0 fully saturated rings. The number of carbonyl (C=O) groups excluding carboxylic acids is 2. The van der Waals surface area contributed by atoms with Crippen molar-refractivity contribution in [2.45, 2.75) is 37.8 Å². The number of carboxylic acid groups (broad SMARTS) is 4. The van der Waals surface area contributed by atoms with Crippen molar-refractivity contribution in [2.75, 3.05) is 0 Å². The summed E-state index contributed by atoms with van der Waals surface area (Å²) in [6.07, 6.45) is -0.653. The van der Waals surface area contributed by atoms with Gasteiger partial charge < -0.3 is 41.5 Å². The number of carboxylic acids is 4. The monoisotopic (exact) mass is 444 g/mol. The number of hydrogen-bond donors (Lipinski definition) is 4. The Labute approximate surface area is 159 Å². The maximum atomic E-state index is 9.88. The van der Waals surface area contributed by atoms with Gasteiger partial charge in [0.2, 0.25) is 0 Å². The Bertz CT molecular complexity index is 335. The third-order valence-electron chi connectivity index (χ3n) is 1.94. The van der Waals surface area contributed by atoms with E-state index in [1.165, 1.54) is 0 Å². The summed E-state index contributed by atoms with van der Waals surface area (Å²) >= 11 is 0. The molecule has 0 spiro atoms. The minimum atomic E-state index is -1.42. The molecule has 0 aliphatic carbocycles. The van der Waals surface area contributed by atoms with Gasteiger partial charge in [0.1, 0.15) is 0 Å². The fourth-order valence-electron chi connectivity index (χ4n) is 0.794. The van der Waals surface area contributed by atoms with Crippen molar-refractivity contribution in [1.29, 1.82) is 0 Å². The Hall–Kier alpha value is -0.704. The Morgan fingerprint density at radius 2 is 1.05 bits per heavy atom. The third kappa shape index (κ3) is 21.6. The topological polar surface area (TPSA) is 207 Å². The molecular formula is C10H17IMgN2O8. The van der Waals surface area contributed by atoms with Crippen molar-refractivity contribution in [2.24, 2.45) is 11.5 Å². The van der Waals surface area contributed by atoms with Crippen LogP contribution in [0.4, 0.5) is 0 Å². The van der Waals surface area contributed by atoms with Crippen LogP contribution < -0.4 is 21.7 Å². The molecule has 12 heteroatoms. The zero-order valence-corrected chi connectivity index (χ0v) is 15.3. The average Bonchev–Trinajstić information content (AvgIpc) is 2.33. The molecule has 0 aliphatic heterocycles. The molecule has 0 aromatic carbocycles. The minimum absolute atomic E-state index is 0. The largest absolute Gasteiger partial charge is 2.00 e. The fourth-order valence-corrected chi connectivity index (χ4v) is 0.794. The second kappa shape index (κ2) is 16.7. The van der Waals surface area contributed by atoms with Crippen LogP contribution in [0.5, 0.6) is 0 Å². The fraction of sp³-hybridized carbons (Fsp3) is 0.600. The first-order valence-corrected chi connectivity index (χ1v) is 5.44. The van der Waals surface area contributed by atoms with Gasteiger partial charge in [0.15, 0.2) is 0 Å². The van der Waals surface area contributed by atoms with Crippen LogP contribution in [0.2, 0.25) is 0 Å². The summed E-state index contributed by atoms with van der Waals surface area (Å²) in [6.45, 7) is 0. The van der Waals surface area contributed by atoms with Crippen molar-refractivity contribution in [1.82, 2.24) is 0 Å². The molecule has 0 aliphatic rings. The summed E-state index contributed by atoms with van der Waals surface area (Å²) in [5, 5.41) is 35.9. The Morgan fingerprint density at radius 3 is 1.18 bits per heavy atom. The van der Waals surface area contributed by atoms with Crippen molar-refractivity contribution < 1.29 is 39.6 Å². The number of hydrogen-bond acceptors (Lipinski definition) is 8. The first kappa shape index (κ1) is 29.3. The predicted octanol–water partition coefficient (Wildman–Crippen LogP) is -3.91. The minimum Gasteiger partial charge on any atom is -0.548 e. The molecule has 0 unspecified atom stereocenters. The van der Waals surface area contributed by atoms with E-state index in [9.17, 15) is 29.4 Å². The first-order valence-electron chi connectivity index (χ1n) is 5.44. The van der Waals surface area contributed by atoms with Gasteiger partial charge in [-0.05, 0) is 12.8 Å². The Balaban J connectivity index is -0.000000135. The standard InChI is InChI=1S/2C5H9NO4.HI.Mg/c2*6-3(5(9)10)1-2-4(7)8;;/h2*3H,1-2,6H2,(H,7,8)(H,9,10);1H;/q;;;+2/p-2/t2*3-;;/m00../s1. The Morgan fingerprint density at radius 1 is 0.818 bits per heavy atom. The summed E-state index contributed by atoms with van der Waals surface area (Å²) in [5.41, 5.74) is 9.88. The van der Waals surface area contributed by atoms with E-state index in [0.29, 0.717) is 0 Å². The first-order chi connectivity index (χ1) is 9.07. The number of aliphatic carboxylic acids is 4. The van der Waals surface area contributed by atoms with Crippen molar-refractivity contribution in [3.63, 3.8) is 0 Å². The Kier molecular flexibility index (Phi) is 22.2. The summed E-state index contributed by atoms with van der Waals surface area (Å²) in [7, 11) is 0. The molecule has 2 atom stereocenters. The predicted molar refractivity (Wildman–Crippen MR) is 80.9 cm³/mol. The van der Waals surface area contributed by atoms with E-state index in [0.717, 1.165) is 0 Å². The maximum absolute atomic E-state index is 9.88. The molecule has 22 heavy (non-hydrogen) atoms. The van der Waals surface area contributed by atoms with E-state index < -0.39 is 36.0 Å². The van der Waals surface area contributed by atoms with E-state index in [4.69, 9.17) is 21.7 Å². The summed E-state index contributed by atoms with van der Waals surface area (Å²) in [6, 6.07) is -2.34. The van der Waals surface area contributed by atoms with E-state index in [2.05, 4.69) is 0 Å². The third-order valence-corrected chi connectivity index (χ3v) is 1.94. The van der Waals surface area contributed by atoms with Gasteiger partial charge in [-0.2, -0.15) is 0 Å². The van der Waals surface area contributed by atoms with Crippen LogP contribution in [-0.2, 0) is 19.2 Å². The van der Waals surface area contributed by atoms with Crippen LogP contribution in [0.15, 0.2) is 0 Å². The second-order valence-electron chi connectivity index (χ2n) is 3.72. The molecule has 0 aromatic heterocycles. The molecule has 0 saturated heterocycles. The van der Waals surface area contributed by atoms with E-state index in [-0.39, 0.29) is 72.7 Å². The summed E-state index contributed by atoms with van der Waals surface area (Å²) in [5.74, 6) is -4.95. The summed E-state index contributed by atoms with van der Waals surface area (Å²) < 4.78 is 0. The van der Waals surface area contributed by atoms with Gasteiger partial charge in [-0.1, -0.05) is 0 Å². The van der Waals surface area contributed by atoms with Gasteiger partial charge in [-0.3, -0.25) is 9.59 Å². The van der Waals surface area contributed by atoms with Gasteiger partial charge in [0.25, 0.3) is 0 Å². The van der Waals surface area contributed by atoms with E-state index >= 15 is 0 Å².